The Morgan fingerprint density at radius 2 is 1.94 bits per heavy atom. The molecule has 2 N–H and O–H groups in total. The molecule has 2 aromatic heterocycles. The van der Waals surface area contributed by atoms with Crippen LogP contribution in [0, 0.1) is 6.92 Å². The third-order valence-corrected chi connectivity index (χ3v) is 5.57. The highest BCUT2D eigenvalue weighted by Crippen LogP contribution is 2.36. The van der Waals surface area contributed by atoms with Crippen LogP contribution in [0.3, 0.4) is 0 Å². The van der Waals surface area contributed by atoms with Gasteiger partial charge in [0, 0.05) is 30.1 Å². The smallest absolute Gasteiger partial charge is 0.273 e. The van der Waals surface area contributed by atoms with Gasteiger partial charge in [0.2, 0.25) is 11.9 Å². The molecule has 1 aliphatic heterocycles. The number of aryl methyl sites for hydroxylation is 1. The largest absolute Gasteiger partial charge is 0.325 e. The highest BCUT2D eigenvalue weighted by atomic mass is 19.3. The molecular formula is C24H25F3N6O. The van der Waals surface area contributed by atoms with Crippen LogP contribution < -0.4 is 10.6 Å². The summed E-state index contributed by atoms with van der Waals surface area (Å²) in [5, 5.41) is 5.85. The standard InChI is InChI=1S/C24H25F3N6O/c1-13-18(8-14(11-28-13)6-7-33(2)3)31-24-29-12-16-10-20(34)30-19-9-15(21(25)23(26)27)4-5-17(19)22(16)32-24/h4-5,8-9,11-12,21,23H,6-7,10H2,1-3H3,(H,30,34)(H,29,31,32). The number of nitrogens with one attached hydrogen (secondary N) is 2. The second-order valence-corrected chi connectivity index (χ2v) is 8.49. The zero-order chi connectivity index (χ0) is 24.4. The Morgan fingerprint density at radius 3 is 2.68 bits per heavy atom. The zero-order valence-corrected chi connectivity index (χ0v) is 19.1. The van der Waals surface area contributed by atoms with Gasteiger partial charge in [0.25, 0.3) is 6.43 Å². The number of aromatic nitrogens is 3. The number of halogens is 3. The lowest BCUT2D eigenvalue weighted by Gasteiger charge is -2.14. The number of amides is 1. The molecule has 0 bridgehead atoms. The van der Waals surface area contributed by atoms with Crippen molar-refractivity contribution in [3.05, 3.63) is 59.0 Å². The quantitative estimate of drug-likeness (QED) is 0.530. The van der Waals surface area contributed by atoms with E-state index in [9.17, 15) is 18.0 Å². The van der Waals surface area contributed by atoms with Crippen LogP contribution in [0.4, 0.5) is 30.5 Å². The molecule has 0 radical (unpaired) electrons. The van der Waals surface area contributed by atoms with E-state index >= 15 is 0 Å². The third-order valence-electron chi connectivity index (χ3n) is 5.57. The number of rotatable bonds is 7. The predicted octanol–water partition coefficient (Wildman–Crippen LogP) is 4.47. The predicted molar refractivity (Wildman–Crippen MR) is 124 cm³/mol. The number of hydrogen-bond acceptors (Lipinski definition) is 6. The van der Waals surface area contributed by atoms with Crippen LogP contribution in [0.2, 0.25) is 0 Å². The summed E-state index contributed by atoms with van der Waals surface area (Å²) in [6.07, 6.45) is -1.36. The molecule has 0 saturated carbocycles. The average molecular weight is 470 g/mol. The fraction of sp³-hybridized carbons (Fsp3) is 0.333. The highest BCUT2D eigenvalue weighted by molar-refractivity contribution is 6.00. The van der Waals surface area contributed by atoms with Crippen molar-refractivity contribution in [1.82, 2.24) is 19.9 Å². The number of carbonyl (C=O) groups is 1. The SMILES string of the molecule is Cc1ncc(CCN(C)C)cc1Nc1ncc2c(n1)-c1ccc(C(F)C(F)F)cc1NC(=O)C2. The maximum absolute atomic E-state index is 13.9. The molecule has 0 saturated heterocycles. The van der Waals surface area contributed by atoms with Crippen LogP contribution in [0.1, 0.15) is 28.6 Å². The third kappa shape index (κ3) is 5.17. The molecule has 3 aromatic rings. The molecule has 1 amide bonds. The van der Waals surface area contributed by atoms with Gasteiger partial charge in [-0.15, -0.1) is 0 Å². The number of benzene rings is 1. The summed E-state index contributed by atoms with van der Waals surface area (Å²) in [4.78, 5) is 27.9. The highest BCUT2D eigenvalue weighted by Gasteiger charge is 2.26. The van der Waals surface area contributed by atoms with Crippen molar-refractivity contribution in [2.45, 2.75) is 32.4 Å². The van der Waals surface area contributed by atoms with E-state index in [1.807, 2.05) is 33.3 Å². The number of hydrogen-bond donors (Lipinski definition) is 2. The first kappa shape index (κ1) is 23.6. The average Bonchev–Trinajstić information content (AvgIpc) is 2.93. The van der Waals surface area contributed by atoms with Crippen molar-refractivity contribution in [3.8, 4) is 11.3 Å². The number of fused-ring (bicyclic) bond motifs is 3. The first-order valence-electron chi connectivity index (χ1n) is 10.8. The van der Waals surface area contributed by atoms with Gasteiger partial charge in [-0.05, 0) is 50.7 Å². The summed E-state index contributed by atoms with van der Waals surface area (Å²) in [5.74, 6) is -0.0590. The van der Waals surface area contributed by atoms with Gasteiger partial charge in [0.15, 0.2) is 6.17 Å². The van der Waals surface area contributed by atoms with Crippen LogP contribution in [-0.4, -0.2) is 52.8 Å². The second-order valence-electron chi connectivity index (χ2n) is 8.49. The monoisotopic (exact) mass is 470 g/mol. The van der Waals surface area contributed by atoms with E-state index in [-0.39, 0.29) is 23.6 Å². The second kappa shape index (κ2) is 9.76. The molecular weight excluding hydrogens is 445 g/mol. The molecule has 10 heteroatoms. The van der Waals surface area contributed by atoms with Gasteiger partial charge in [-0.1, -0.05) is 12.1 Å². The molecule has 1 unspecified atom stereocenters. The molecule has 178 valence electrons. The van der Waals surface area contributed by atoms with E-state index < -0.39 is 12.6 Å². The Balaban J connectivity index is 1.68. The lowest BCUT2D eigenvalue weighted by Crippen LogP contribution is -2.15. The van der Waals surface area contributed by atoms with Gasteiger partial charge >= 0.3 is 0 Å². The van der Waals surface area contributed by atoms with Gasteiger partial charge in [-0.25, -0.2) is 23.1 Å². The Labute approximate surface area is 195 Å². The van der Waals surface area contributed by atoms with Crippen molar-refractivity contribution in [2.75, 3.05) is 31.3 Å². The number of anilines is 3. The van der Waals surface area contributed by atoms with Crippen LogP contribution in [0.15, 0.2) is 36.7 Å². The van der Waals surface area contributed by atoms with Crippen molar-refractivity contribution >= 4 is 23.2 Å². The number of pyridine rings is 1. The molecule has 1 aromatic carbocycles. The van der Waals surface area contributed by atoms with Crippen LogP contribution in [0.5, 0.6) is 0 Å². The number of nitrogens with zero attached hydrogens (tertiary/aromatic N) is 4. The number of likely N-dealkylation sites (N-methyl/N-ethyl adjacent to an activating group) is 1. The summed E-state index contributed by atoms with van der Waals surface area (Å²) in [7, 11) is 4.01. The minimum Gasteiger partial charge on any atom is -0.325 e. The Morgan fingerprint density at radius 1 is 1.15 bits per heavy atom. The van der Waals surface area contributed by atoms with Crippen molar-refractivity contribution in [3.63, 3.8) is 0 Å². The fourth-order valence-electron chi connectivity index (χ4n) is 3.70. The van der Waals surface area contributed by atoms with Crippen molar-refractivity contribution < 1.29 is 18.0 Å². The van der Waals surface area contributed by atoms with Gasteiger partial charge in [0.1, 0.15) is 0 Å². The Kier molecular flexibility index (Phi) is 6.78. The molecule has 7 nitrogen and oxygen atoms in total. The summed E-state index contributed by atoms with van der Waals surface area (Å²) in [6, 6.07) is 6.01. The lowest BCUT2D eigenvalue weighted by molar-refractivity contribution is -0.115. The van der Waals surface area contributed by atoms with E-state index in [4.69, 9.17) is 0 Å². The topological polar surface area (TPSA) is 83.0 Å². The number of alkyl halides is 3. The molecule has 1 atom stereocenters. The first-order valence-corrected chi connectivity index (χ1v) is 10.8. The maximum Gasteiger partial charge on any atom is 0.273 e. The van der Waals surface area contributed by atoms with Gasteiger partial charge in [-0.3, -0.25) is 9.78 Å². The molecule has 4 rings (SSSR count). The normalized spacial score (nSPS) is 13.8. The molecule has 0 fully saturated rings. The molecule has 0 aliphatic carbocycles. The molecule has 34 heavy (non-hydrogen) atoms. The Bertz CT molecular complexity index is 1220. The van der Waals surface area contributed by atoms with E-state index in [2.05, 4.69) is 30.5 Å². The summed E-state index contributed by atoms with van der Waals surface area (Å²) >= 11 is 0. The summed E-state index contributed by atoms with van der Waals surface area (Å²) < 4.78 is 39.6. The van der Waals surface area contributed by atoms with Gasteiger partial charge in [-0.2, -0.15) is 0 Å². The molecule has 3 heterocycles. The number of carbonyl (C=O) groups excluding carboxylic acids is 1. The molecule has 0 spiro atoms. The minimum atomic E-state index is -3.16. The van der Waals surface area contributed by atoms with Gasteiger partial charge < -0.3 is 15.5 Å². The lowest BCUT2D eigenvalue weighted by atomic mass is 10.0. The van der Waals surface area contributed by atoms with Gasteiger partial charge in [0.05, 0.1) is 29.2 Å². The van der Waals surface area contributed by atoms with E-state index in [1.165, 1.54) is 18.2 Å². The fourth-order valence-corrected chi connectivity index (χ4v) is 3.70. The summed E-state index contributed by atoms with van der Waals surface area (Å²) in [5.41, 5.74) is 4.17. The Hall–Kier alpha value is -3.53. The van der Waals surface area contributed by atoms with E-state index in [0.717, 1.165) is 29.9 Å². The van der Waals surface area contributed by atoms with Crippen molar-refractivity contribution in [1.29, 1.82) is 0 Å². The van der Waals surface area contributed by atoms with Crippen LogP contribution in [-0.2, 0) is 17.6 Å². The maximum atomic E-state index is 13.9. The van der Waals surface area contributed by atoms with Crippen LogP contribution in [0.25, 0.3) is 11.3 Å². The van der Waals surface area contributed by atoms with Crippen LogP contribution >= 0.6 is 0 Å². The van der Waals surface area contributed by atoms with E-state index in [1.54, 1.807) is 6.20 Å². The summed E-state index contributed by atoms with van der Waals surface area (Å²) in [6.45, 7) is 2.75. The zero-order valence-electron chi connectivity index (χ0n) is 19.1. The molecule has 1 aliphatic rings. The first-order chi connectivity index (χ1) is 16.2. The van der Waals surface area contributed by atoms with Crippen molar-refractivity contribution in [2.24, 2.45) is 0 Å². The minimum absolute atomic E-state index is 0.00807. The van der Waals surface area contributed by atoms with E-state index in [0.29, 0.717) is 22.8 Å².